The largest absolute Gasteiger partial charge is 0.490 e. The maximum atomic E-state index is 12.5. The quantitative estimate of drug-likeness (QED) is 0.142. The Morgan fingerprint density at radius 2 is 1.72 bits per heavy atom. The van der Waals surface area contributed by atoms with Gasteiger partial charge in [-0.3, -0.25) is 4.79 Å². The number of furan rings is 1. The van der Waals surface area contributed by atoms with Crippen LogP contribution in [0.4, 0.5) is 0 Å². The zero-order valence-electron chi connectivity index (χ0n) is 22.1. The van der Waals surface area contributed by atoms with Gasteiger partial charge in [0.05, 0.1) is 19.4 Å². The number of nitrogens with zero attached hydrogens (tertiary/aromatic N) is 2. The molecule has 0 unspecified atom stereocenters. The normalized spacial score (nSPS) is 11.1. The predicted molar refractivity (Wildman–Crippen MR) is 155 cm³/mol. The van der Waals surface area contributed by atoms with Gasteiger partial charge in [-0.15, -0.1) is 0 Å². The summed E-state index contributed by atoms with van der Waals surface area (Å²) >= 11 is 9.90. The summed E-state index contributed by atoms with van der Waals surface area (Å²) in [6.07, 6.45) is 1.46. The van der Waals surface area contributed by atoms with Crippen molar-refractivity contribution in [3.63, 3.8) is 0 Å². The smallest absolute Gasteiger partial charge is 0.307 e. The van der Waals surface area contributed by atoms with Gasteiger partial charge in [-0.1, -0.05) is 11.6 Å². The molecular weight excluding hydrogens is 586 g/mol. The number of ether oxygens (including phenoxy) is 3. The molecule has 10 heteroatoms. The van der Waals surface area contributed by atoms with Crippen LogP contribution < -0.4 is 19.6 Å². The van der Waals surface area contributed by atoms with Gasteiger partial charge < -0.3 is 23.2 Å². The van der Waals surface area contributed by atoms with Gasteiger partial charge in [-0.05, 0) is 98.2 Å². The summed E-state index contributed by atoms with van der Waals surface area (Å²) in [5.74, 6) is 1.74. The first-order valence-electron chi connectivity index (χ1n) is 12.4. The zero-order chi connectivity index (χ0) is 27.9. The second kappa shape index (κ2) is 12.9. The summed E-state index contributed by atoms with van der Waals surface area (Å²) in [5.41, 5.74) is 6.46. The standard InChI is InChI=1S/C29H29BrClN3O5/c1-5-36-25-15-20(26(30)27(31)28(25)37-6-2)16-32-33-29(35)24-14-13-23(39-24)17-38-22-11-9-21(10-12-22)34-18(3)7-8-19(34)4/h7-16H,5-6,17H2,1-4H3,(H,33,35)/b32-16+. The summed E-state index contributed by atoms with van der Waals surface area (Å²) in [6, 6.07) is 17.0. The summed E-state index contributed by atoms with van der Waals surface area (Å²) in [6.45, 7) is 8.92. The maximum absolute atomic E-state index is 12.5. The molecule has 8 nitrogen and oxygen atoms in total. The number of aryl methyl sites for hydroxylation is 2. The molecule has 0 bridgehead atoms. The van der Waals surface area contributed by atoms with E-state index in [2.05, 4.69) is 57.0 Å². The molecule has 39 heavy (non-hydrogen) atoms. The van der Waals surface area contributed by atoms with Crippen LogP contribution in [0.1, 0.15) is 47.1 Å². The molecule has 1 N–H and O–H groups in total. The third-order valence-electron chi connectivity index (χ3n) is 5.75. The molecule has 4 rings (SSSR count). The Morgan fingerprint density at radius 3 is 2.38 bits per heavy atom. The number of hydrazone groups is 1. The predicted octanol–water partition coefficient (Wildman–Crippen LogP) is 7.24. The minimum absolute atomic E-state index is 0.110. The van der Waals surface area contributed by atoms with E-state index in [0.717, 1.165) is 17.1 Å². The number of carbonyl (C=O) groups is 1. The number of hydrogen-bond acceptors (Lipinski definition) is 6. The van der Waals surface area contributed by atoms with Crippen molar-refractivity contribution < 1.29 is 23.4 Å². The van der Waals surface area contributed by atoms with Crippen LogP contribution in [0, 0.1) is 13.8 Å². The second-order valence-electron chi connectivity index (χ2n) is 8.49. The Morgan fingerprint density at radius 1 is 1.03 bits per heavy atom. The van der Waals surface area contributed by atoms with Crippen LogP contribution in [-0.2, 0) is 6.61 Å². The van der Waals surface area contributed by atoms with E-state index in [9.17, 15) is 4.79 Å². The van der Waals surface area contributed by atoms with Crippen molar-refractivity contribution in [2.24, 2.45) is 5.10 Å². The highest BCUT2D eigenvalue weighted by atomic mass is 79.9. The van der Waals surface area contributed by atoms with Gasteiger partial charge >= 0.3 is 5.91 Å². The zero-order valence-corrected chi connectivity index (χ0v) is 24.4. The van der Waals surface area contributed by atoms with E-state index in [0.29, 0.717) is 51.3 Å². The first kappa shape index (κ1) is 28.3. The van der Waals surface area contributed by atoms with Crippen molar-refractivity contribution in [3.05, 3.63) is 92.6 Å². The topological polar surface area (TPSA) is 87.2 Å². The number of hydrogen-bond donors (Lipinski definition) is 1. The van der Waals surface area contributed by atoms with E-state index in [1.165, 1.54) is 6.21 Å². The molecule has 2 aromatic heterocycles. The minimum atomic E-state index is -0.502. The minimum Gasteiger partial charge on any atom is -0.490 e. The van der Waals surface area contributed by atoms with Crippen LogP contribution in [0.3, 0.4) is 0 Å². The van der Waals surface area contributed by atoms with Crippen molar-refractivity contribution in [3.8, 4) is 22.9 Å². The Kier molecular flexibility index (Phi) is 9.37. The maximum Gasteiger partial charge on any atom is 0.307 e. The molecule has 0 aliphatic heterocycles. The lowest BCUT2D eigenvalue weighted by molar-refractivity contribution is 0.0923. The molecule has 2 heterocycles. The molecule has 4 aromatic rings. The number of nitrogens with one attached hydrogen (secondary N) is 1. The van der Waals surface area contributed by atoms with Crippen molar-refractivity contribution in [2.45, 2.75) is 34.3 Å². The number of rotatable bonds is 11. The fourth-order valence-corrected chi connectivity index (χ4v) is 4.61. The van der Waals surface area contributed by atoms with E-state index < -0.39 is 5.91 Å². The SMILES string of the molecule is CCOc1cc(/C=N/NC(=O)c2ccc(COc3ccc(-n4c(C)ccc4C)cc3)o2)c(Br)c(Cl)c1OCC. The molecule has 0 aliphatic carbocycles. The van der Waals surface area contributed by atoms with Gasteiger partial charge in [0, 0.05) is 27.1 Å². The average molecular weight is 615 g/mol. The molecule has 0 atom stereocenters. The third kappa shape index (κ3) is 6.66. The molecule has 0 fully saturated rings. The van der Waals surface area contributed by atoms with E-state index in [4.69, 9.17) is 30.2 Å². The Hall–Kier alpha value is -3.69. The summed E-state index contributed by atoms with van der Waals surface area (Å²) in [7, 11) is 0. The van der Waals surface area contributed by atoms with Gasteiger partial charge in [0.1, 0.15) is 23.1 Å². The van der Waals surface area contributed by atoms with Crippen LogP contribution in [0.5, 0.6) is 17.2 Å². The van der Waals surface area contributed by atoms with Gasteiger partial charge in [-0.25, -0.2) is 5.43 Å². The van der Waals surface area contributed by atoms with Crippen LogP contribution in [0.25, 0.3) is 5.69 Å². The van der Waals surface area contributed by atoms with Crippen molar-refractivity contribution >= 4 is 39.7 Å². The van der Waals surface area contributed by atoms with E-state index in [1.54, 1.807) is 18.2 Å². The van der Waals surface area contributed by atoms with Crippen molar-refractivity contribution in [1.29, 1.82) is 0 Å². The molecular formula is C29H29BrClN3O5. The molecule has 0 saturated heterocycles. The second-order valence-corrected chi connectivity index (χ2v) is 9.66. The summed E-state index contributed by atoms with van der Waals surface area (Å²) in [4.78, 5) is 12.5. The van der Waals surface area contributed by atoms with Crippen LogP contribution in [0.2, 0.25) is 5.02 Å². The highest BCUT2D eigenvalue weighted by Crippen LogP contribution is 2.42. The lowest BCUT2D eigenvalue weighted by atomic mass is 10.2. The summed E-state index contributed by atoms with van der Waals surface area (Å²) in [5, 5.41) is 4.40. The highest BCUT2D eigenvalue weighted by molar-refractivity contribution is 9.10. The first-order chi connectivity index (χ1) is 18.8. The van der Waals surface area contributed by atoms with Crippen LogP contribution in [0.15, 0.2) is 68.6 Å². The van der Waals surface area contributed by atoms with Gasteiger partial charge in [0.25, 0.3) is 0 Å². The molecule has 2 aromatic carbocycles. The molecule has 204 valence electrons. The Balaban J connectivity index is 1.35. The fraction of sp³-hybridized carbons (Fsp3) is 0.241. The average Bonchev–Trinajstić information content (AvgIpc) is 3.54. The lowest BCUT2D eigenvalue weighted by Crippen LogP contribution is -2.16. The monoisotopic (exact) mass is 613 g/mol. The van der Waals surface area contributed by atoms with Gasteiger partial charge in [-0.2, -0.15) is 5.10 Å². The van der Waals surface area contributed by atoms with E-state index in [-0.39, 0.29) is 12.4 Å². The van der Waals surface area contributed by atoms with Crippen LogP contribution >= 0.6 is 27.5 Å². The first-order valence-corrected chi connectivity index (χ1v) is 13.6. The molecule has 0 aliphatic rings. The van der Waals surface area contributed by atoms with Gasteiger partial charge in [0.15, 0.2) is 17.3 Å². The fourth-order valence-electron chi connectivity index (χ4n) is 3.95. The number of carbonyl (C=O) groups excluding carboxylic acids is 1. The number of halogens is 2. The summed E-state index contributed by atoms with van der Waals surface area (Å²) < 4.78 is 25.5. The van der Waals surface area contributed by atoms with Crippen molar-refractivity contribution in [2.75, 3.05) is 13.2 Å². The Bertz CT molecular complexity index is 1460. The Labute approximate surface area is 240 Å². The lowest BCUT2D eigenvalue weighted by Gasteiger charge is -2.15. The molecule has 1 amide bonds. The number of benzene rings is 2. The highest BCUT2D eigenvalue weighted by Gasteiger charge is 2.17. The third-order valence-corrected chi connectivity index (χ3v) is 7.19. The van der Waals surface area contributed by atoms with Gasteiger partial charge in [0.2, 0.25) is 0 Å². The van der Waals surface area contributed by atoms with E-state index >= 15 is 0 Å². The molecule has 0 spiro atoms. The van der Waals surface area contributed by atoms with E-state index in [1.807, 2.05) is 38.1 Å². The number of amides is 1. The molecule has 0 saturated carbocycles. The number of aromatic nitrogens is 1. The molecule has 0 radical (unpaired) electrons. The van der Waals surface area contributed by atoms with Crippen molar-refractivity contribution in [1.82, 2.24) is 9.99 Å². The van der Waals surface area contributed by atoms with Crippen LogP contribution in [-0.4, -0.2) is 29.9 Å².